The largest absolute Gasteiger partial charge is 0.303 e. The Kier molecular flexibility index (Phi) is 3.62. The van der Waals surface area contributed by atoms with E-state index in [0.717, 1.165) is 5.82 Å². The fourth-order valence-corrected chi connectivity index (χ4v) is 3.33. The van der Waals surface area contributed by atoms with Crippen LogP contribution in [-0.2, 0) is 0 Å². The van der Waals surface area contributed by atoms with Gasteiger partial charge in [-0.1, -0.05) is 12.5 Å². The molecule has 3 rings (SSSR count). The molecular formula is C17H23N3. The standard InChI is InChI=1S/C17H23N3/c1-13-9-10-14(2)20(13)17-15(7-6-11-18-17)16-8-4-5-12-19(16)3/h6-7,9-11,16H,4-5,8,12H2,1-3H3/t16-/m0/s1. The summed E-state index contributed by atoms with van der Waals surface area (Å²) in [6.45, 7) is 5.48. The van der Waals surface area contributed by atoms with E-state index in [4.69, 9.17) is 0 Å². The van der Waals surface area contributed by atoms with Gasteiger partial charge in [0.25, 0.3) is 0 Å². The number of pyridine rings is 1. The summed E-state index contributed by atoms with van der Waals surface area (Å²) < 4.78 is 2.28. The minimum Gasteiger partial charge on any atom is -0.303 e. The van der Waals surface area contributed by atoms with E-state index in [9.17, 15) is 0 Å². The molecule has 1 atom stereocenters. The lowest BCUT2D eigenvalue weighted by Gasteiger charge is -2.33. The fraction of sp³-hybridized carbons (Fsp3) is 0.471. The van der Waals surface area contributed by atoms with Crippen molar-refractivity contribution in [1.29, 1.82) is 0 Å². The van der Waals surface area contributed by atoms with Gasteiger partial charge < -0.3 is 4.57 Å². The summed E-state index contributed by atoms with van der Waals surface area (Å²) in [5.41, 5.74) is 3.86. The predicted octanol–water partition coefficient (Wildman–Crippen LogP) is 3.65. The number of likely N-dealkylation sites (tertiary alicyclic amines) is 1. The molecule has 0 unspecified atom stereocenters. The Hall–Kier alpha value is -1.61. The molecular weight excluding hydrogens is 246 g/mol. The van der Waals surface area contributed by atoms with Gasteiger partial charge in [0.15, 0.2) is 0 Å². The maximum atomic E-state index is 4.69. The van der Waals surface area contributed by atoms with Crippen LogP contribution in [0.1, 0.15) is 42.3 Å². The molecule has 3 heteroatoms. The van der Waals surface area contributed by atoms with Gasteiger partial charge in [-0.25, -0.2) is 4.98 Å². The molecule has 0 radical (unpaired) electrons. The van der Waals surface area contributed by atoms with E-state index in [1.165, 1.54) is 42.8 Å². The summed E-state index contributed by atoms with van der Waals surface area (Å²) in [5.74, 6) is 1.10. The highest BCUT2D eigenvalue weighted by atomic mass is 15.1. The molecule has 0 saturated carbocycles. The fourth-order valence-electron chi connectivity index (χ4n) is 3.33. The molecule has 0 aromatic carbocycles. The number of hydrogen-bond donors (Lipinski definition) is 0. The highest BCUT2D eigenvalue weighted by Gasteiger charge is 2.24. The van der Waals surface area contributed by atoms with Crippen LogP contribution in [0, 0.1) is 13.8 Å². The van der Waals surface area contributed by atoms with Crippen molar-refractivity contribution in [2.75, 3.05) is 13.6 Å². The van der Waals surface area contributed by atoms with Crippen molar-refractivity contribution in [3.63, 3.8) is 0 Å². The van der Waals surface area contributed by atoms with Crippen LogP contribution in [0.15, 0.2) is 30.5 Å². The van der Waals surface area contributed by atoms with Crippen LogP contribution in [0.2, 0.25) is 0 Å². The third-order valence-corrected chi connectivity index (χ3v) is 4.43. The summed E-state index contributed by atoms with van der Waals surface area (Å²) in [5, 5.41) is 0. The first kappa shape index (κ1) is 13.4. The average Bonchev–Trinajstić information content (AvgIpc) is 2.79. The second-order valence-corrected chi connectivity index (χ2v) is 5.86. The van der Waals surface area contributed by atoms with Crippen LogP contribution < -0.4 is 0 Å². The zero-order valence-electron chi connectivity index (χ0n) is 12.6. The summed E-state index contributed by atoms with van der Waals surface area (Å²) >= 11 is 0. The van der Waals surface area contributed by atoms with Crippen molar-refractivity contribution < 1.29 is 0 Å². The van der Waals surface area contributed by atoms with Crippen molar-refractivity contribution in [3.8, 4) is 5.82 Å². The lowest BCUT2D eigenvalue weighted by atomic mass is 9.96. The van der Waals surface area contributed by atoms with Crippen molar-refractivity contribution in [3.05, 3.63) is 47.4 Å². The zero-order valence-corrected chi connectivity index (χ0v) is 12.6. The predicted molar refractivity (Wildman–Crippen MR) is 82.3 cm³/mol. The van der Waals surface area contributed by atoms with Crippen LogP contribution in [0.3, 0.4) is 0 Å². The van der Waals surface area contributed by atoms with E-state index in [0.29, 0.717) is 6.04 Å². The molecule has 106 valence electrons. The summed E-state index contributed by atoms with van der Waals surface area (Å²) in [7, 11) is 2.23. The van der Waals surface area contributed by atoms with Crippen LogP contribution in [0.5, 0.6) is 0 Å². The van der Waals surface area contributed by atoms with Gasteiger partial charge >= 0.3 is 0 Å². The first-order chi connectivity index (χ1) is 9.68. The van der Waals surface area contributed by atoms with E-state index >= 15 is 0 Å². The van der Waals surface area contributed by atoms with Crippen molar-refractivity contribution in [2.24, 2.45) is 0 Å². The molecule has 0 bridgehead atoms. The van der Waals surface area contributed by atoms with E-state index in [1.54, 1.807) is 0 Å². The van der Waals surface area contributed by atoms with Crippen LogP contribution in [-0.4, -0.2) is 28.0 Å². The monoisotopic (exact) mass is 269 g/mol. The molecule has 0 N–H and O–H groups in total. The van der Waals surface area contributed by atoms with E-state index in [-0.39, 0.29) is 0 Å². The number of piperidine rings is 1. The summed E-state index contributed by atoms with van der Waals surface area (Å²) in [6.07, 6.45) is 5.76. The van der Waals surface area contributed by atoms with Crippen molar-refractivity contribution in [1.82, 2.24) is 14.5 Å². The number of hydrogen-bond acceptors (Lipinski definition) is 2. The smallest absolute Gasteiger partial charge is 0.141 e. The Bertz CT molecular complexity index is 581. The van der Waals surface area contributed by atoms with Crippen LogP contribution in [0.4, 0.5) is 0 Å². The SMILES string of the molecule is Cc1ccc(C)n1-c1ncccc1[C@@H]1CCCCN1C. The minimum absolute atomic E-state index is 0.494. The van der Waals surface area contributed by atoms with Gasteiger partial charge in [0.2, 0.25) is 0 Å². The third-order valence-electron chi connectivity index (χ3n) is 4.43. The van der Waals surface area contributed by atoms with Crippen LogP contribution >= 0.6 is 0 Å². The molecule has 20 heavy (non-hydrogen) atoms. The maximum Gasteiger partial charge on any atom is 0.141 e. The molecule has 2 aromatic rings. The molecule has 2 aromatic heterocycles. The van der Waals surface area contributed by atoms with Gasteiger partial charge in [0, 0.05) is 29.2 Å². The quantitative estimate of drug-likeness (QED) is 0.830. The van der Waals surface area contributed by atoms with Gasteiger partial charge in [-0.3, -0.25) is 4.90 Å². The third kappa shape index (κ3) is 2.27. The van der Waals surface area contributed by atoms with Gasteiger partial charge in [0.1, 0.15) is 5.82 Å². The zero-order chi connectivity index (χ0) is 14.1. The Labute approximate surface area is 121 Å². The summed E-state index contributed by atoms with van der Waals surface area (Å²) in [4.78, 5) is 7.16. The first-order valence-electron chi connectivity index (χ1n) is 7.49. The molecule has 1 fully saturated rings. The van der Waals surface area contributed by atoms with E-state index in [1.807, 2.05) is 6.20 Å². The molecule has 0 spiro atoms. The highest BCUT2D eigenvalue weighted by molar-refractivity contribution is 5.40. The topological polar surface area (TPSA) is 21.1 Å². The number of nitrogens with zero attached hydrogens (tertiary/aromatic N) is 3. The molecule has 3 heterocycles. The lowest BCUT2D eigenvalue weighted by Crippen LogP contribution is -2.30. The molecule has 3 nitrogen and oxygen atoms in total. The average molecular weight is 269 g/mol. The Morgan fingerprint density at radius 1 is 1.10 bits per heavy atom. The molecule has 1 aliphatic rings. The molecule has 0 aliphatic carbocycles. The molecule has 0 amide bonds. The van der Waals surface area contributed by atoms with E-state index < -0.39 is 0 Å². The molecule has 1 aliphatic heterocycles. The van der Waals surface area contributed by atoms with Crippen molar-refractivity contribution in [2.45, 2.75) is 39.2 Å². The van der Waals surface area contributed by atoms with Crippen molar-refractivity contribution >= 4 is 0 Å². The number of aryl methyl sites for hydroxylation is 2. The second kappa shape index (κ2) is 5.41. The lowest BCUT2D eigenvalue weighted by molar-refractivity contribution is 0.187. The maximum absolute atomic E-state index is 4.69. The molecule has 1 saturated heterocycles. The second-order valence-electron chi connectivity index (χ2n) is 5.86. The van der Waals surface area contributed by atoms with Gasteiger partial charge in [0.05, 0.1) is 0 Å². The summed E-state index contributed by atoms with van der Waals surface area (Å²) in [6, 6.07) is 9.13. The first-order valence-corrected chi connectivity index (χ1v) is 7.49. The Balaban J connectivity index is 2.09. The Morgan fingerprint density at radius 3 is 2.55 bits per heavy atom. The minimum atomic E-state index is 0.494. The number of rotatable bonds is 2. The van der Waals surface area contributed by atoms with Gasteiger partial charge in [-0.15, -0.1) is 0 Å². The normalized spacial score (nSPS) is 20.2. The highest BCUT2D eigenvalue weighted by Crippen LogP contribution is 2.33. The van der Waals surface area contributed by atoms with E-state index in [2.05, 4.69) is 59.6 Å². The number of aromatic nitrogens is 2. The van der Waals surface area contributed by atoms with Crippen LogP contribution in [0.25, 0.3) is 5.82 Å². The van der Waals surface area contributed by atoms with Gasteiger partial charge in [-0.05, 0) is 58.5 Å². The van der Waals surface area contributed by atoms with Gasteiger partial charge in [-0.2, -0.15) is 0 Å². The Morgan fingerprint density at radius 2 is 1.85 bits per heavy atom.